The van der Waals surface area contributed by atoms with Gasteiger partial charge in [0, 0.05) is 41.3 Å². The number of ether oxygens (including phenoxy) is 3. The summed E-state index contributed by atoms with van der Waals surface area (Å²) in [6, 6.07) is 22.3. The topological polar surface area (TPSA) is 177 Å². The number of pyridine rings is 1. The number of carbonyl (C=O) groups excluding carboxylic acids is 2. The number of hydrogen-bond donors (Lipinski definition) is 4. The zero-order valence-electron chi connectivity index (χ0n) is 34.6. The maximum Gasteiger partial charge on any atom is 0.324 e. The second-order valence-corrected chi connectivity index (χ2v) is 17.6. The number of fused-ring (bicyclic) bond motifs is 1. The largest absolute Gasteiger partial charge is 0.496 e. The van der Waals surface area contributed by atoms with Gasteiger partial charge in [0.05, 0.1) is 43.1 Å². The van der Waals surface area contributed by atoms with Crippen molar-refractivity contribution in [3.05, 3.63) is 96.2 Å². The van der Waals surface area contributed by atoms with E-state index in [0.29, 0.717) is 63.2 Å². The molecular formula is C44H53N7O7S. The molecule has 4 aromatic carbocycles. The number of amides is 3. The highest BCUT2D eigenvalue weighted by atomic mass is 32.2. The van der Waals surface area contributed by atoms with Crippen LogP contribution in [0.4, 0.5) is 33.4 Å². The molecule has 1 saturated heterocycles. The molecule has 0 unspecified atom stereocenters. The number of carbonyl (C=O) groups is 2. The number of anilines is 5. The third-order valence-electron chi connectivity index (χ3n) is 10.4. The molecule has 15 heteroatoms. The van der Waals surface area contributed by atoms with Crippen LogP contribution >= 0.6 is 0 Å². The van der Waals surface area contributed by atoms with Crippen molar-refractivity contribution in [3.8, 4) is 23.0 Å². The van der Waals surface area contributed by atoms with E-state index in [1.165, 1.54) is 19.1 Å². The molecule has 0 radical (unpaired) electrons. The van der Waals surface area contributed by atoms with Gasteiger partial charge in [-0.15, -0.1) is 0 Å². The van der Waals surface area contributed by atoms with Crippen LogP contribution < -0.4 is 40.2 Å². The van der Waals surface area contributed by atoms with E-state index in [4.69, 9.17) is 19.9 Å². The Kier molecular flexibility index (Phi) is 12.9. The van der Waals surface area contributed by atoms with Gasteiger partial charge in [0.1, 0.15) is 23.1 Å². The molecule has 312 valence electrons. The molecule has 6 rings (SSSR count). The van der Waals surface area contributed by atoms with E-state index < -0.39 is 21.5 Å². The van der Waals surface area contributed by atoms with Gasteiger partial charge in [-0.3, -0.25) is 14.4 Å². The number of primary amides is 1. The Bertz CT molecular complexity index is 2440. The predicted octanol–water partition coefficient (Wildman–Crippen LogP) is 8.14. The summed E-state index contributed by atoms with van der Waals surface area (Å²) >= 11 is 0. The third-order valence-corrected chi connectivity index (χ3v) is 10.9. The van der Waals surface area contributed by atoms with Crippen molar-refractivity contribution < 1.29 is 32.2 Å². The van der Waals surface area contributed by atoms with Crippen LogP contribution in [0.15, 0.2) is 85.1 Å². The third kappa shape index (κ3) is 10.3. The second-order valence-electron chi connectivity index (χ2n) is 15.8. The summed E-state index contributed by atoms with van der Waals surface area (Å²) in [5.41, 5.74) is 8.37. The van der Waals surface area contributed by atoms with Gasteiger partial charge in [0.15, 0.2) is 5.75 Å². The van der Waals surface area contributed by atoms with Gasteiger partial charge in [-0.05, 0) is 98.8 Å². The first-order valence-electron chi connectivity index (χ1n) is 19.4. The van der Waals surface area contributed by atoms with Gasteiger partial charge in [0.2, 0.25) is 10.0 Å². The summed E-state index contributed by atoms with van der Waals surface area (Å²) in [6.45, 7) is 8.73. The lowest BCUT2D eigenvalue weighted by molar-refractivity contribution is 0.0946. The number of nitrogens with one attached hydrogen (secondary N) is 3. The van der Waals surface area contributed by atoms with Crippen molar-refractivity contribution in [3.63, 3.8) is 0 Å². The van der Waals surface area contributed by atoms with Gasteiger partial charge >= 0.3 is 6.03 Å². The first-order valence-corrected chi connectivity index (χ1v) is 21.3. The molecule has 3 amide bonds. The Morgan fingerprint density at radius 3 is 2.31 bits per heavy atom. The number of rotatable bonds is 14. The van der Waals surface area contributed by atoms with Gasteiger partial charge in [-0.2, -0.15) is 0 Å². The van der Waals surface area contributed by atoms with E-state index in [1.54, 1.807) is 60.8 Å². The van der Waals surface area contributed by atoms with Crippen LogP contribution in [0, 0.1) is 5.92 Å². The molecule has 2 heterocycles. The van der Waals surface area contributed by atoms with E-state index in [-0.39, 0.29) is 23.0 Å². The van der Waals surface area contributed by atoms with Crippen molar-refractivity contribution in [1.29, 1.82) is 0 Å². The summed E-state index contributed by atoms with van der Waals surface area (Å²) in [4.78, 5) is 34.6. The van der Waals surface area contributed by atoms with Gasteiger partial charge in [0.25, 0.3) is 5.91 Å². The number of aromatic nitrogens is 1. The molecule has 59 heavy (non-hydrogen) atoms. The number of methoxy groups -OCH3 is 2. The number of piperidine rings is 1. The minimum absolute atomic E-state index is 0.123. The molecule has 0 bridgehead atoms. The Hall–Kier alpha value is -6.06. The fraction of sp³-hybridized carbons (Fsp3) is 0.341. The van der Waals surface area contributed by atoms with E-state index in [0.717, 1.165) is 44.2 Å². The van der Waals surface area contributed by atoms with Crippen LogP contribution in [-0.2, 0) is 15.4 Å². The summed E-state index contributed by atoms with van der Waals surface area (Å²) in [7, 11) is 1.36. The zero-order valence-corrected chi connectivity index (χ0v) is 35.4. The maximum atomic E-state index is 13.4. The first-order chi connectivity index (χ1) is 28.0. The molecule has 1 aliphatic heterocycles. The summed E-state index contributed by atoms with van der Waals surface area (Å²) < 4.78 is 45.1. The van der Waals surface area contributed by atoms with E-state index >= 15 is 0 Å². The molecule has 1 aliphatic rings. The summed E-state index contributed by atoms with van der Waals surface area (Å²) in [5, 5.41) is 7.64. The Balaban J connectivity index is 1.25. The monoisotopic (exact) mass is 823 g/mol. The molecular weight excluding hydrogens is 771 g/mol. The number of hydrogen-bond acceptors (Lipinski definition) is 10. The molecule has 0 spiro atoms. The van der Waals surface area contributed by atoms with Gasteiger partial charge < -0.3 is 35.5 Å². The lowest BCUT2D eigenvalue weighted by Gasteiger charge is -2.29. The number of nitrogens with zero attached hydrogens (tertiary/aromatic N) is 3. The van der Waals surface area contributed by atoms with Crippen LogP contribution in [0.5, 0.6) is 23.0 Å². The van der Waals surface area contributed by atoms with E-state index in [9.17, 15) is 18.0 Å². The average molecular weight is 824 g/mol. The summed E-state index contributed by atoms with van der Waals surface area (Å²) in [5.74, 6) is 2.46. The lowest BCUT2D eigenvalue weighted by atomic mass is 9.86. The number of benzene rings is 4. The number of urea groups is 1. The van der Waals surface area contributed by atoms with Crippen LogP contribution in [0.1, 0.15) is 56.0 Å². The normalized spacial score (nSPS) is 13.7. The lowest BCUT2D eigenvalue weighted by Crippen LogP contribution is -2.32. The SMILES string of the molecule is COc1cc(Nc2cc(Oc3ccc(N(C(N)=O)c4cc(C(C)(C)C)cc(NS(C)(=O)=O)c4OC)c4ccccc34)ccn2)ccc1C(=O)NCCC1CCN(C)CC1. The maximum absolute atomic E-state index is 13.4. The van der Waals surface area contributed by atoms with Gasteiger partial charge in [-0.1, -0.05) is 45.0 Å². The second kappa shape index (κ2) is 17.8. The predicted molar refractivity (Wildman–Crippen MR) is 234 cm³/mol. The van der Waals surface area contributed by atoms with E-state index in [2.05, 4.69) is 32.3 Å². The number of likely N-dealkylation sites (tertiary alicyclic amines) is 1. The Morgan fingerprint density at radius 2 is 1.64 bits per heavy atom. The fourth-order valence-corrected chi connectivity index (χ4v) is 7.77. The van der Waals surface area contributed by atoms with Crippen molar-refractivity contribution in [2.45, 2.75) is 45.4 Å². The van der Waals surface area contributed by atoms with Crippen molar-refractivity contribution in [1.82, 2.24) is 15.2 Å². The highest BCUT2D eigenvalue weighted by molar-refractivity contribution is 7.92. The quantitative estimate of drug-likeness (QED) is 0.0855. The minimum atomic E-state index is -3.72. The average Bonchev–Trinajstić information content (AvgIpc) is 3.18. The highest BCUT2D eigenvalue weighted by Gasteiger charge is 2.28. The molecule has 5 N–H and O–H groups in total. The van der Waals surface area contributed by atoms with Crippen molar-refractivity contribution in [2.24, 2.45) is 11.7 Å². The molecule has 1 fully saturated rings. The molecule has 5 aromatic rings. The van der Waals surface area contributed by atoms with Gasteiger partial charge in [-0.25, -0.2) is 18.2 Å². The fourth-order valence-electron chi connectivity index (χ4n) is 7.22. The first kappa shape index (κ1) is 42.5. The Labute approximate surface area is 346 Å². The number of sulfonamides is 1. The van der Waals surface area contributed by atoms with Crippen molar-refractivity contribution >= 4 is 61.3 Å². The van der Waals surface area contributed by atoms with Crippen LogP contribution in [0.3, 0.4) is 0 Å². The molecule has 1 aromatic heterocycles. The number of nitrogens with two attached hydrogens (primary N) is 1. The molecule has 0 saturated carbocycles. The van der Waals surface area contributed by atoms with Crippen LogP contribution in [0.25, 0.3) is 10.8 Å². The zero-order chi connectivity index (χ0) is 42.5. The Morgan fingerprint density at radius 1 is 0.915 bits per heavy atom. The van der Waals surface area contributed by atoms with E-state index in [1.807, 2.05) is 45.0 Å². The standard InChI is InChI=1S/C44H53N7O7S/c1-44(2,3)29-24-35(49-59(7,54)55)41(57-6)37(25-29)51(43(45)53)36-14-15-38(33-11-9-8-10-32(33)36)58-31-17-21-46-40(27-31)48-30-12-13-34(39(26-30)56-5)42(52)47-20-16-28-18-22-50(4)23-19-28/h8-15,17,21,24-28,49H,16,18-20,22-23H2,1-7H3,(H2,45,53)(H,46,48)(H,47,52). The molecule has 0 atom stereocenters. The van der Waals surface area contributed by atoms with Crippen LogP contribution in [0.2, 0.25) is 0 Å². The molecule has 0 aliphatic carbocycles. The smallest absolute Gasteiger partial charge is 0.324 e. The minimum Gasteiger partial charge on any atom is -0.496 e. The summed E-state index contributed by atoms with van der Waals surface area (Å²) in [6.07, 6.45) is 5.91. The highest BCUT2D eigenvalue weighted by Crippen LogP contribution is 2.46. The van der Waals surface area contributed by atoms with Crippen LogP contribution in [-0.4, -0.2) is 77.4 Å². The van der Waals surface area contributed by atoms with Crippen molar-refractivity contribution in [2.75, 3.05) is 62.1 Å². The molecule has 14 nitrogen and oxygen atoms in total.